The number of hydrogen-bond acceptors (Lipinski definition) is 3. The van der Waals surface area contributed by atoms with E-state index in [1.54, 1.807) is 7.11 Å². The molecule has 0 fully saturated rings. The number of aliphatic hydroxyl groups is 1. The molecule has 1 N–H and O–H groups in total. The van der Waals surface area contributed by atoms with Crippen LogP contribution in [0.4, 0.5) is 0 Å². The molecular formula is C26H29NO2. The van der Waals surface area contributed by atoms with Crippen LogP contribution in [0, 0.1) is 5.92 Å². The molecule has 0 amide bonds. The number of hydrogen-bond donors (Lipinski definition) is 1. The van der Waals surface area contributed by atoms with E-state index >= 15 is 0 Å². The van der Waals surface area contributed by atoms with Gasteiger partial charge < -0.3 is 14.7 Å². The number of fused-ring (bicyclic) bond motifs is 1. The van der Waals surface area contributed by atoms with Crippen molar-refractivity contribution < 1.29 is 9.84 Å². The summed E-state index contributed by atoms with van der Waals surface area (Å²) in [7, 11) is 5.81. The van der Waals surface area contributed by atoms with E-state index < -0.39 is 5.60 Å². The first-order valence-electron chi connectivity index (χ1n) is 10.2. The normalized spacial score (nSPS) is 21.1. The van der Waals surface area contributed by atoms with Crippen LogP contribution in [0.25, 0.3) is 11.1 Å². The van der Waals surface area contributed by atoms with Crippen molar-refractivity contribution in [3.8, 4) is 16.9 Å². The Labute approximate surface area is 173 Å². The lowest BCUT2D eigenvalue weighted by atomic mass is 9.67. The highest BCUT2D eigenvalue weighted by Crippen LogP contribution is 2.46. The Bertz CT molecular complexity index is 983. The Hall–Kier alpha value is -2.62. The van der Waals surface area contributed by atoms with E-state index in [9.17, 15) is 5.11 Å². The van der Waals surface area contributed by atoms with E-state index in [1.165, 1.54) is 16.7 Å². The van der Waals surface area contributed by atoms with Gasteiger partial charge in [0.1, 0.15) is 11.4 Å². The van der Waals surface area contributed by atoms with Crippen molar-refractivity contribution in [3.05, 3.63) is 89.5 Å². The van der Waals surface area contributed by atoms with E-state index in [0.29, 0.717) is 0 Å². The van der Waals surface area contributed by atoms with Gasteiger partial charge in [-0.2, -0.15) is 0 Å². The van der Waals surface area contributed by atoms with Gasteiger partial charge in [0, 0.05) is 12.5 Å². The highest BCUT2D eigenvalue weighted by atomic mass is 16.5. The van der Waals surface area contributed by atoms with E-state index in [4.69, 9.17) is 4.74 Å². The standard InChI is InChI=1S/C26H29NO2/c1-27(2)18-23-14-12-21-16-20(19-8-5-4-6-9-19)13-15-25(21)26(23,28)22-10-7-11-24(17-22)29-3/h4-11,13,15-17,23,28H,12,14,18H2,1-3H3/t23-,26+/m1/s1. The minimum Gasteiger partial charge on any atom is -0.497 e. The monoisotopic (exact) mass is 387 g/mol. The van der Waals surface area contributed by atoms with Crippen LogP contribution in [0.3, 0.4) is 0 Å². The van der Waals surface area contributed by atoms with Gasteiger partial charge in [-0.25, -0.2) is 0 Å². The van der Waals surface area contributed by atoms with E-state index in [2.05, 4.69) is 61.5 Å². The second-order valence-corrected chi connectivity index (χ2v) is 8.23. The second-order valence-electron chi connectivity index (χ2n) is 8.23. The van der Waals surface area contributed by atoms with Gasteiger partial charge in [0.05, 0.1) is 7.11 Å². The van der Waals surface area contributed by atoms with Gasteiger partial charge in [-0.1, -0.05) is 60.7 Å². The summed E-state index contributed by atoms with van der Waals surface area (Å²) < 4.78 is 5.45. The van der Waals surface area contributed by atoms with Crippen molar-refractivity contribution in [2.45, 2.75) is 18.4 Å². The van der Waals surface area contributed by atoms with Crippen LogP contribution < -0.4 is 4.74 Å². The van der Waals surface area contributed by atoms with E-state index in [1.807, 2.05) is 30.3 Å². The third-order valence-electron chi connectivity index (χ3n) is 6.07. The number of aryl methyl sites for hydroxylation is 1. The molecule has 1 aliphatic rings. The molecule has 0 heterocycles. The minimum absolute atomic E-state index is 0.111. The number of rotatable bonds is 5. The summed E-state index contributed by atoms with van der Waals surface area (Å²) in [5.74, 6) is 0.882. The third-order valence-corrected chi connectivity index (χ3v) is 6.07. The Kier molecular flexibility index (Phi) is 5.44. The quantitative estimate of drug-likeness (QED) is 0.687. The number of benzene rings is 3. The first-order valence-corrected chi connectivity index (χ1v) is 10.2. The SMILES string of the molecule is COc1cccc([C@@]2(O)c3ccc(-c4ccccc4)cc3CC[C@@H]2CN(C)C)c1. The summed E-state index contributed by atoms with van der Waals surface area (Å²) >= 11 is 0. The average molecular weight is 388 g/mol. The average Bonchev–Trinajstić information content (AvgIpc) is 2.76. The maximum atomic E-state index is 12.2. The predicted octanol–water partition coefficient (Wildman–Crippen LogP) is 4.72. The zero-order valence-electron chi connectivity index (χ0n) is 17.4. The van der Waals surface area contributed by atoms with Gasteiger partial charge >= 0.3 is 0 Å². The van der Waals surface area contributed by atoms with Crippen molar-refractivity contribution in [2.24, 2.45) is 5.92 Å². The van der Waals surface area contributed by atoms with E-state index in [0.717, 1.165) is 36.3 Å². The fourth-order valence-electron chi connectivity index (χ4n) is 4.66. The van der Waals surface area contributed by atoms with Gasteiger partial charge in [0.2, 0.25) is 0 Å². The predicted molar refractivity (Wildman–Crippen MR) is 118 cm³/mol. The number of nitrogens with zero attached hydrogens (tertiary/aromatic N) is 1. The smallest absolute Gasteiger partial charge is 0.119 e. The summed E-state index contributed by atoms with van der Waals surface area (Å²) in [6.45, 7) is 0.827. The van der Waals surface area contributed by atoms with E-state index in [-0.39, 0.29) is 5.92 Å². The van der Waals surface area contributed by atoms with Crippen LogP contribution in [0.15, 0.2) is 72.8 Å². The first kappa shape index (κ1) is 19.7. The van der Waals surface area contributed by atoms with Crippen molar-refractivity contribution in [1.82, 2.24) is 4.90 Å². The van der Waals surface area contributed by atoms with Gasteiger partial charge in [0.15, 0.2) is 0 Å². The molecule has 3 nitrogen and oxygen atoms in total. The zero-order chi connectivity index (χ0) is 20.4. The van der Waals surface area contributed by atoms with Gasteiger partial charge in [0.25, 0.3) is 0 Å². The molecule has 0 saturated heterocycles. The Morgan fingerprint density at radius 3 is 2.48 bits per heavy atom. The molecule has 0 aliphatic heterocycles. The Morgan fingerprint density at radius 2 is 1.76 bits per heavy atom. The molecule has 0 unspecified atom stereocenters. The lowest BCUT2D eigenvalue weighted by molar-refractivity contribution is -0.00649. The zero-order valence-corrected chi connectivity index (χ0v) is 17.4. The van der Waals surface area contributed by atoms with Crippen LogP contribution in [0.1, 0.15) is 23.1 Å². The molecule has 0 bridgehead atoms. The van der Waals surface area contributed by atoms with Crippen LogP contribution in [-0.2, 0) is 12.0 Å². The molecule has 0 radical (unpaired) electrons. The van der Waals surface area contributed by atoms with Crippen LogP contribution in [0.5, 0.6) is 5.75 Å². The molecule has 4 rings (SSSR count). The molecule has 2 atom stereocenters. The summed E-state index contributed by atoms with van der Waals surface area (Å²) in [5, 5.41) is 12.2. The molecule has 0 saturated carbocycles. The molecular weight excluding hydrogens is 358 g/mol. The maximum absolute atomic E-state index is 12.2. The van der Waals surface area contributed by atoms with Crippen molar-refractivity contribution in [1.29, 1.82) is 0 Å². The van der Waals surface area contributed by atoms with Crippen molar-refractivity contribution in [3.63, 3.8) is 0 Å². The van der Waals surface area contributed by atoms with Crippen LogP contribution >= 0.6 is 0 Å². The molecule has 3 heteroatoms. The van der Waals surface area contributed by atoms with Gasteiger partial charge in [-0.05, 0) is 66.9 Å². The second kappa shape index (κ2) is 8.02. The highest BCUT2D eigenvalue weighted by Gasteiger charge is 2.44. The number of methoxy groups -OCH3 is 1. The molecule has 0 aromatic heterocycles. The van der Waals surface area contributed by atoms with Crippen molar-refractivity contribution >= 4 is 0 Å². The van der Waals surface area contributed by atoms with Crippen LogP contribution in [-0.4, -0.2) is 37.8 Å². The summed E-state index contributed by atoms with van der Waals surface area (Å²) in [6, 6.07) is 24.8. The maximum Gasteiger partial charge on any atom is 0.119 e. The highest BCUT2D eigenvalue weighted by molar-refractivity contribution is 5.66. The third kappa shape index (κ3) is 3.68. The summed E-state index contributed by atoms with van der Waals surface area (Å²) in [6.07, 6.45) is 1.91. The van der Waals surface area contributed by atoms with Gasteiger partial charge in [-0.15, -0.1) is 0 Å². The van der Waals surface area contributed by atoms with Crippen molar-refractivity contribution in [2.75, 3.05) is 27.7 Å². The largest absolute Gasteiger partial charge is 0.497 e. The topological polar surface area (TPSA) is 32.7 Å². The lowest BCUT2D eigenvalue weighted by Crippen LogP contribution is -2.45. The first-order chi connectivity index (χ1) is 14.0. The fourth-order valence-corrected chi connectivity index (χ4v) is 4.66. The Balaban J connectivity index is 1.84. The summed E-state index contributed by atoms with van der Waals surface area (Å²) in [4.78, 5) is 2.17. The number of ether oxygens (including phenoxy) is 1. The fraction of sp³-hybridized carbons (Fsp3) is 0.308. The Morgan fingerprint density at radius 1 is 0.966 bits per heavy atom. The molecule has 150 valence electrons. The molecule has 3 aromatic rings. The van der Waals surface area contributed by atoms with Crippen LogP contribution in [0.2, 0.25) is 0 Å². The summed E-state index contributed by atoms with van der Waals surface area (Å²) in [5.41, 5.74) is 4.51. The lowest BCUT2D eigenvalue weighted by Gasteiger charge is -2.43. The minimum atomic E-state index is -1.04. The molecule has 1 aliphatic carbocycles. The molecule has 29 heavy (non-hydrogen) atoms. The molecule has 0 spiro atoms. The van der Waals surface area contributed by atoms with Gasteiger partial charge in [-0.3, -0.25) is 0 Å². The molecule has 3 aromatic carbocycles.